The summed E-state index contributed by atoms with van der Waals surface area (Å²) in [6.07, 6.45) is -1.52. The number of methoxy groups -OCH3 is 1. The third kappa shape index (κ3) is 6.89. The molecule has 41 heavy (non-hydrogen) atoms. The quantitative estimate of drug-likeness (QED) is 0.338. The molecule has 3 atom stereocenters. The van der Waals surface area contributed by atoms with Crippen molar-refractivity contribution < 1.29 is 38.1 Å². The summed E-state index contributed by atoms with van der Waals surface area (Å²) in [6.45, 7) is 4.70. The van der Waals surface area contributed by atoms with Gasteiger partial charge in [-0.25, -0.2) is 14.8 Å². The van der Waals surface area contributed by atoms with Crippen molar-refractivity contribution in [2.75, 3.05) is 19.1 Å². The van der Waals surface area contributed by atoms with Crippen molar-refractivity contribution in [3.63, 3.8) is 0 Å². The van der Waals surface area contributed by atoms with Gasteiger partial charge in [-0.2, -0.15) is 13.2 Å². The normalized spacial score (nSPS) is 25.3. The number of fused-ring (bicyclic) bond motifs is 3. The maximum absolute atomic E-state index is 15.1. The molecular weight excluding hydrogens is 542 g/mol. The lowest BCUT2D eigenvalue weighted by molar-refractivity contribution is -0.140. The number of hydrazine groups is 1. The number of nitrogens with one attached hydrogen (secondary N) is 2. The van der Waals surface area contributed by atoms with Crippen molar-refractivity contribution in [3.05, 3.63) is 53.0 Å². The number of hydrogen-bond donors (Lipinski definition) is 2. The van der Waals surface area contributed by atoms with Crippen LogP contribution in [0.25, 0.3) is 0 Å². The molecular formula is C30H39F4N3O4. The maximum Gasteiger partial charge on any atom is 0.386 e. The molecule has 1 aromatic carbocycles. The van der Waals surface area contributed by atoms with E-state index in [0.717, 1.165) is 16.9 Å². The molecule has 3 unspecified atom stereocenters. The molecule has 1 spiro atoms. The number of carbonyl (C=O) groups is 2. The van der Waals surface area contributed by atoms with E-state index in [4.69, 9.17) is 9.47 Å². The highest BCUT2D eigenvalue weighted by molar-refractivity contribution is 5.98. The number of Topliss-reactive ketones (excluding diaryl/α,β-unsaturated/α-hetero) is 2. The zero-order chi connectivity index (χ0) is 29.9. The van der Waals surface area contributed by atoms with Gasteiger partial charge in [0.2, 0.25) is 5.88 Å². The lowest BCUT2D eigenvalue weighted by Crippen LogP contribution is -2.58. The first-order chi connectivity index (χ1) is 19.4. The molecule has 226 valence electrons. The van der Waals surface area contributed by atoms with Crippen LogP contribution in [-0.4, -0.2) is 42.5 Å². The summed E-state index contributed by atoms with van der Waals surface area (Å²) in [6, 6.07) is 8.79. The number of aromatic nitrogens is 1. The Hall–Kier alpha value is -3.05. The first kappa shape index (κ1) is 30.9. The number of ether oxygens (including phenoxy) is 2. The van der Waals surface area contributed by atoms with Gasteiger partial charge in [0, 0.05) is 64.8 Å². The highest BCUT2D eigenvalue weighted by Gasteiger charge is 2.58. The second-order valence-corrected chi connectivity index (χ2v) is 11.2. The molecule has 0 radical (unpaired) electrons. The summed E-state index contributed by atoms with van der Waals surface area (Å²) in [5.74, 6) is -0.360. The van der Waals surface area contributed by atoms with Gasteiger partial charge in [0.05, 0.1) is 22.8 Å². The Balaban J connectivity index is 0.000000745. The van der Waals surface area contributed by atoms with E-state index in [1.807, 2.05) is 26.0 Å². The van der Waals surface area contributed by atoms with E-state index in [2.05, 4.69) is 15.8 Å². The molecule has 3 aliphatic rings. The summed E-state index contributed by atoms with van der Waals surface area (Å²) < 4.78 is 57.5. The second kappa shape index (κ2) is 12.4. The Labute approximate surface area is 238 Å². The van der Waals surface area contributed by atoms with E-state index in [1.165, 1.54) is 6.07 Å². The van der Waals surface area contributed by atoms with Gasteiger partial charge in [0.15, 0.2) is 0 Å². The van der Waals surface area contributed by atoms with Gasteiger partial charge >= 0.3 is 6.18 Å². The largest absolute Gasteiger partial charge is 0.474 e. The van der Waals surface area contributed by atoms with Crippen molar-refractivity contribution in [2.24, 2.45) is 11.8 Å². The second-order valence-electron chi connectivity index (χ2n) is 11.2. The predicted molar refractivity (Wildman–Crippen MR) is 147 cm³/mol. The zero-order valence-electron chi connectivity index (χ0n) is 23.7. The minimum atomic E-state index is -4.00. The lowest BCUT2D eigenvalue weighted by Gasteiger charge is -2.50. The van der Waals surface area contributed by atoms with Gasteiger partial charge in [0.25, 0.3) is 0 Å². The van der Waals surface area contributed by atoms with Crippen LogP contribution in [0.2, 0.25) is 0 Å². The van der Waals surface area contributed by atoms with Gasteiger partial charge in [-0.1, -0.05) is 19.1 Å². The average Bonchev–Trinajstić information content (AvgIpc) is 3.25. The number of carbonyl (C=O) groups excluding carboxylic acids is 2. The van der Waals surface area contributed by atoms with Crippen LogP contribution in [0.3, 0.4) is 0 Å². The Morgan fingerprint density at radius 1 is 1.24 bits per heavy atom. The highest BCUT2D eigenvalue weighted by atomic mass is 19.4. The number of benzene rings is 1. The number of rotatable bonds is 9. The zero-order valence-corrected chi connectivity index (χ0v) is 23.7. The van der Waals surface area contributed by atoms with E-state index >= 15 is 4.39 Å². The van der Waals surface area contributed by atoms with Gasteiger partial charge < -0.3 is 14.9 Å². The molecule has 2 aromatic rings. The molecule has 5 rings (SSSR count). The summed E-state index contributed by atoms with van der Waals surface area (Å²) in [5.41, 5.74) is 8.37. The van der Waals surface area contributed by atoms with Crippen molar-refractivity contribution in [1.29, 1.82) is 0 Å². The van der Waals surface area contributed by atoms with E-state index in [-0.39, 0.29) is 50.2 Å². The first-order valence-corrected chi connectivity index (χ1v) is 14.0. The van der Waals surface area contributed by atoms with Crippen molar-refractivity contribution in [1.82, 2.24) is 10.4 Å². The molecule has 7 nitrogen and oxygen atoms in total. The van der Waals surface area contributed by atoms with Crippen LogP contribution in [0.4, 0.5) is 23.2 Å². The summed E-state index contributed by atoms with van der Waals surface area (Å²) in [4.78, 5) is 31.6. The Morgan fingerprint density at radius 3 is 2.61 bits per heavy atom. The van der Waals surface area contributed by atoms with Crippen LogP contribution in [0.15, 0.2) is 30.3 Å². The fraction of sp³-hybridized carbons (Fsp3) is 0.567. The van der Waals surface area contributed by atoms with Crippen LogP contribution < -0.4 is 15.6 Å². The van der Waals surface area contributed by atoms with Crippen molar-refractivity contribution >= 4 is 17.3 Å². The molecule has 2 N–H and O–H groups in total. The molecule has 1 saturated carbocycles. The minimum Gasteiger partial charge on any atom is -0.474 e. The van der Waals surface area contributed by atoms with Crippen molar-refractivity contribution in [2.45, 2.75) is 83.0 Å². The van der Waals surface area contributed by atoms with Crippen molar-refractivity contribution in [3.8, 4) is 5.88 Å². The van der Waals surface area contributed by atoms with Gasteiger partial charge in [0.1, 0.15) is 23.5 Å². The molecule has 2 aliphatic carbocycles. The Morgan fingerprint density at radius 2 is 1.95 bits per heavy atom. The molecule has 1 aliphatic heterocycles. The predicted octanol–water partition coefficient (Wildman–Crippen LogP) is 6.27. The molecule has 0 bridgehead atoms. The topological polar surface area (TPSA) is 89.6 Å². The minimum absolute atomic E-state index is 0. The number of anilines is 1. The van der Waals surface area contributed by atoms with Gasteiger partial charge in [-0.05, 0) is 43.9 Å². The van der Waals surface area contributed by atoms with E-state index in [0.29, 0.717) is 50.2 Å². The number of halogens is 4. The number of nitrogens with zero attached hydrogens (tertiary/aromatic N) is 1. The van der Waals surface area contributed by atoms with E-state index in [1.54, 1.807) is 19.2 Å². The van der Waals surface area contributed by atoms with Gasteiger partial charge in [-0.15, -0.1) is 0 Å². The van der Waals surface area contributed by atoms with Crippen LogP contribution in [0.1, 0.15) is 77.2 Å². The average molecular weight is 582 g/mol. The van der Waals surface area contributed by atoms with E-state index in [9.17, 15) is 22.8 Å². The number of hydrogen-bond acceptors (Lipinski definition) is 7. The molecule has 1 fully saturated rings. The smallest absolute Gasteiger partial charge is 0.386 e. The monoisotopic (exact) mass is 581 g/mol. The molecule has 0 amide bonds. The van der Waals surface area contributed by atoms with Crippen LogP contribution in [0.5, 0.6) is 5.88 Å². The Kier molecular flexibility index (Phi) is 9.38. The number of ketones is 2. The lowest BCUT2D eigenvalue weighted by atomic mass is 9.53. The van der Waals surface area contributed by atoms with Crippen LogP contribution in [0, 0.1) is 17.7 Å². The fourth-order valence-corrected chi connectivity index (χ4v) is 6.16. The standard InChI is InChI=1S/C28H34FN3O4.C2H3F3.H2/c1-4-17(10-11-35-3)23(33)13-19-12-18-6-5-7-21(29)25(18)28(27(19)34)14-20(15-28)36-24-9-8-22-26(30-24)16(2)31-32-22;1-2(3,4)5;/h5-9,16-17,19-20,31-32H,4,10-15H2,1-3H3;1H3;1H. The number of alkyl halides is 3. The molecule has 11 heteroatoms. The summed E-state index contributed by atoms with van der Waals surface area (Å²) >= 11 is 0. The van der Waals surface area contributed by atoms with Crippen LogP contribution >= 0.6 is 0 Å². The third-order valence-corrected chi connectivity index (χ3v) is 8.13. The first-order valence-electron chi connectivity index (χ1n) is 14.0. The van der Waals surface area contributed by atoms with E-state index < -0.39 is 17.5 Å². The maximum atomic E-state index is 15.1. The van der Waals surface area contributed by atoms with Gasteiger partial charge in [-0.3, -0.25) is 9.59 Å². The summed E-state index contributed by atoms with van der Waals surface area (Å²) in [7, 11) is 1.62. The molecule has 1 aromatic heterocycles. The SMILES string of the molecule is CC(F)(F)F.CCC(CCOC)C(=O)CC1Cc2cccc(F)c2C2(CC(Oc3ccc4c(n3)C(C)NN4)C2)C1=O.[HH]. The summed E-state index contributed by atoms with van der Waals surface area (Å²) in [5, 5.41) is 0. The highest BCUT2D eigenvalue weighted by Crippen LogP contribution is 2.53. The molecule has 0 saturated heterocycles. The fourth-order valence-electron chi connectivity index (χ4n) is 6.16. The Bertz CT molecular complexity index is 1260. The number of pyridine rings is 1. The molecule has 2 heterocycles. The third-order valence-electron chi connectivity index (χ3n) is 8.13. The van der Waals surface area contributed by atoms with Crippen LogP contribution in [-0.2, 0) is 26.2 Å².